The van der Waals surface area contributed by atoms with Crippen LogP contribution in [0.15, 0.2) is 53.4 Å². The predicted octanol–water partition coefficient (Wildman–Crippen LogP) is 2.81. The Balaban J connectivity index is 1.71. The molecule has 3 rings (SSSR count). The molecule has 178 valence electrons. The van der Waals surface area contributed by atoms with Crippen LogP contribution in [0, 0.1) is 18.7 Å². The molecule has 0 aromatic heterocycles. The molecule has 1 fully saturated rings. The molecule has 1 aliphatic heterocycles. The molecule has 1 aliphatic rings. The highest BCUT2D eigenvalue weighted by molar-refractivity contribution is 7.89. The fourth-order valence-corrected chi connectivity index (χ4v) is 5.26. The molecule has 9 heteroatoms. The monoisotopic (exact) mass is 475 g/mol. The van der Waals surface area contributed by atoms with Gasteiger partial charge in [0.1, 0.15) is 11.9 Å². The lowest BCUT2D eigenvalue weighted by molar-refractivity contribution is -0.134. The molecule has 1 N–H and O–H groups in total. The van der Waals surface area contributed by atoms with E-state index in [0.29, 0.717) is 19.5 Å². The Bertz CT molecular complexity index is 1100. The average Bonchev–Trinajstić information content (AvgIpc) is 3.04. The van der Waals surface area contributed by atoms with Gasteiger partial charge in [0.05, 0.1) is 10.5 Å². The number of benzene rings is 2. The highest BCUT2D eigenvalue weighted by Gasteiger charge is 2.33. The Kier molecular flexibility index (Phi) is 7.86. The van der Waals surface area contributed by atoms with Gasteiger partial charge in [-0.2, -0.15) is 4.31 Å². The molecule has 1 unspecified atom stereocenters. The highest BCUT2D eigenvalue weighted by atomic mass is 32.2. The Morgan fingerprint density at radius 2 is 1.64 bits per heavy atom. The summed E-state index contributed by atoms with van der Waals surface area (Å²) in [6.07, 6.45) is 0.475. The van der Waals surface area contributed by atoms with Gasteiger partial charge in [-0.05, 0) is 43.5 Å². The molecule has 0 saturated carbocycles. The summed E-state index contributed by atoms with van der Waals surface area (Å²) in [6, 6.07) is 11.4. The lowest BCUT2D eigenvalue weighted by atomic mass is 10.0. The number of rotatable bonds is 6. The number of aryl methyl sites for hydroxylation is 1. The van der Waals surface area contributed by atoms with Crippen molar-refractivity contribution in [1.82, 2.24) is 14.5 Å². The van der Waals surface area contributed by atoms with E-state index in [4.69, 9.17) is 0 Å². The molecule has 0 aliphatic carbocycles. The van der Waals surface area contributed by atoms with E-state index in [1.165, 1.54) is 22.5 Å². The molecule has 1 heterocycles. The standard InChI is InChI=1S/C24H30FN3O4S/c1-17(2)22(26-23(29)20-7-4-5-8-21(20)25)24(30)27-13-6-14-28(16-15-27)33(31,32)19-11-9-18(3)10-12-19/h4-5,7-12,17,22H,6,13-16H2,1-3H3,(H,26,29). The number of carbonyl (C=O) groups excluding carboxylic acids is 2. The number of nitrogens with one attached hydrogen (secondary N) is 1. The van der Waals surface area contributed by atoms with E-state index in [-0.39, 0.29) is 35.4 Å². The molecule has 7 nitrogen and oxygen atoms in total. The van der Waals surface area contributed by atoms with Crippen molar-refractivity contribution in [2.75, 3.05) is 26.2 Å². The van der Waals surface area contributed by atoms with Crippen LogP contribution in [0.2, 0.25) is 0 Å². The number of sulfonamides is 1. The first kappa shape index (κ1) is 24.9. The summed E-state index contributed by atoms with van der Waals surface area (Å²) in [7, 11) is -3.66. The van der Waals surface area contributed by atoms with E-state index in [1.807, 2.05) is 6.92 Å². The maximum atomic E-state index is 14.0. The molecule has 1 atom stereocenters. The fraction of sp³-hybridized carbons (Fsp3) is 0.417. The van der Waals surface area contributed by atoms with Crippen LogP contribution < -0.4 is 5.32 Å². The van der Waals surface area contributed by atoms with Crippen LogP contribution in [-0.4, -0.2) is 61.7 Å². The number of hydrogen-bond acceptors (Lipinski definition) is 4. The zero-order chi connectivity index (χ0) is 24.2. The van der Waals surface area contributed by atoms with Crippen molar-refractivity contribution < 1.29 is 22.4 Å². The highest BCUT2D eigenvalue weighted by Crippen LogP contribution is 2.19. The summed E-state index contributed by atoms with van der Waals surface area (Å²) in [5.74, 6) is -1.84. The van der Waals surface area contributed by atoms with Crippen LogP contribution in [0.3, 0.4) is 0 Å². The van der Waals surface area contributed by atoms with Gasteiger partial charge in [0, 0.05) is 26.2 Å². The molecule has 0 bridgehead atoms. The number of nitrogens with zero attached hydrogens (tertiary/aromatic N) is 2. The molecular weight excluding hydrogens is 445 g/mol. The minimum Gasteiger partial charge on any atom is -0.340 e. The van der Waals surface area contributed by atoms with Gasteiger partial charge < -0.3 is 10.2 Å². The van der Waals surface area contributed by atoms with Gasteiger partial charge in [0.25, 0.3) is 5.91 Å². The quantitative estimate of drug-likeness (QED) is 0.696. The topological polar surface area (TPSA) is 86.8 Å². The summed E-state index contributed by atoms with van der Waals surface area (Å²) in [5.41, 5.74) is 0.848. The third kappa shape index (κ3) is 5.78. The Labute approximate surface area is 194 Å². The van der Waals surface area contributed by atoms with E-state index in [1.54, 1.807) is 49.1 Å². The number of halogens is 1. The van der Waals surface area contributed by atoms with Crippen molar-refractivity contribution in [2.45, 2.75) is 38.1 Å². The number of amides is 2. The van der Waals surface area contributed by atoms with Crippen molar-refractivity contribution >= 4 is 21.8 Å². The first-order valence-corrected chi connectivity index (χ1v) is 12.5. The van der Waals surface area contributed by atoms with E-state index in [0.717, 1.165) is 5.56 Å². The predicted molar refractivity (Wildman–Crippen MR) is 124 cm³/mol. The maximum Gasteiger partial charge on any atom is 0.254 e. The van der Waals surface area contributed by atoms with Crippen LogP contribution in [-0.2, 0) is 14.8 Å². The second-order valence-corrected chi connectivity index (χ2v) is 10.5. The van der Waals surface area contributed by atoms with Crippen molar-refractivity contribution in [3.63, 3.8) is 0 Å². The Hall–Kier alpha value is -2.78. The Morgan fingerprint density at radius 1 is 0.970 bits per heavy atom. The molecule has 33 heavy (non-hydrogen) atoms. The van der Waals surface area contributed by atoms with Gasteiger partial charge in [-0.15, -0.1) is 0 Å². The van der Waals surface area contributed by atoms with Crippen molar-refractivity contribution in [2.24, 2.45) is 5.92 Å². The molecule has 1 saturated heterocycles. The second kappa shape index (κ2) is 10.4. The first-order valence-electron chi connectivity index (χ1n) is 11.0. The fourth-order valence-electron chi connectivity index (χ4n) is 3.79. The van der Waals surface area contributed by atoms with Crippen LogP contribution >= 0.6 is 0 Å². The van der Waals surface area contributed by atoms with Crippen LogP contribution in [0.25, 0.3) is 0 Å². The van der Waals surface area contributed by atoms with Gasteiger partial charge in [-0.1, -0.05) is 43.7 Å². The van der Waals surface area contributed by atoms with Gasteiger partial charge in [-0.3, -0.25) is 9.59 Å². The molecule has 2 aromatic carbocycles. The summed E-state index contributed by atoms with van der Waals surface area (Å²) in [6.45, 7) is 6.54. The first-order chi connectivity index (χ1) is 15.6. The molecule has 0 spiro atoms. The summed E-state index contributed by atoms with van der Waals surface area (Å²) in [4.78, 5) is 27.7. The maximum absolute atomic E-state index is 14.0. The number of carbonyl (C=O) groups is 2. The van der Waals surface area contributed by atoms with Gasteiger partial charge in [0.2, 0.25) is 15.9 Å². The minimum absolute atomic E-state index is 0.123. The normalized spacial score (nSPS) is 16.3. The van der Waals surface area contributed by atoms with E-state index in [9.17, 15) is 22.4 Å². The van der Waals surface area contributed by atoms with Crippen molar-refractivity contribution in [1.29, 1.82) is 0 Å². The van der Waals surface area contributed by atoms with Gasteiger partial charge in [-0.25, -0.2) is 12.8 Å². The van der Waals surface area contributed by atoms with Crippen LogP contribution in [0.4, 0.5) is 4.39 Å². The van der Waals surface area contributed by atoms with Crippen LogP contribution in [0.5, 0.6) is 0 Å². The minimum atomic E-state index is -3.66. The van der Waals surface area contributed by atoms with E-state index >= 15 is 0 Å². The second-order valence-electron chi connectivity index (χ2n) is 8.57. The number of hydrogen-bond donors (Lipinski definition) is 1. The van der Waals surface area contributed by atoms with Gasteiger partial charge in [0.15, 0.2) is 0 Å². The summed E-state index contributed by atoms with van der Waals surface area (Å²) >= 11 is 0. The lowest BCUT2D eigenvalue weighted by Gasteiger charge is -2.29. The molecule has 2 amide bonds. The lowest BCUT2D eigenvalue weighted by Crippen LogP contribution is -2.52. The Morgan fingerprint density at radius 3 is 2.27 bits per heavy atom. The third-order valence-corrected chi connectivity index (χ3v) is 7.68. The average molecular weight is 476 g/mol. The van der Waals surface area contributed by atoms with Gasteiger partial charge >= 0.3 is 0 Å². The van der Waals surface area contributed by atoms with Crippen molar-refractivity contribution in [3.05, 3.63) is 65.5 Å². The smallest absolute Gasteiger partial charge is 0.254 e. The zero-order valence-corrected chi connectivity index (χ0v) is 19.9. The molecule has 2 aromatic rings. The zero-order valence-electron chi connectivity index (χ0n) is 19.1. The largest absolute Gasteiger partial charge is 0.340 e. The molecule has 0 radical (unpaired) electrons. The summed E-state index contributed by atoms with van der Waals surface area (Å²) in [5, 5.41) is 2.66. The van der Waals surface area contributed by atoms with Crippen LogP contribution in [0.1, 0.15) is 36.2 Å². The van der Waals surface area contributed by atoms with Crippen molar-refractivity contribution in [3.8, 4) is 0 Å². The van der Waals surface area contributed by atoms with E-state index in [2.05, 4.69) is 5.32 Å². The molecular formula is C24H30FN3O4S. The summed E-state index contributed by atoms with van der Waals surface area (Å²) < 4.78 is 41.5. The van der Waals surface area contributed by atoms with E-state index < -0.39 is 27.8 Å². The SMILES string of the molecule is Cc1ccc(S(=O)(=O)N2CCCN(C(=O)C(NC(=O)c3ccccc3F)C(C)C)CC2)cc1. The third-order valence-electron chi connectivity index (χ3n) is 5.76.